The van der Waals surface area contributed by atoms with Gasteiger partial charge >= 0.3 is 0 Å². The third kappa shape index (κ3) is 3.91. The van der Waals surface area contributed by atoms with Gasteiger partial charge in [0, 0.05) is 12.0 Å². The summed E-state index contributed by atoms with van der Waals surface area (Å²) in [5.41, 5.74) is -0.455. The Balaban J connectivity index is 2.86. The van der Waals surface area contributed by atoms with Crippen LogP contribution in [0.25, 0.3) is 0 Å². The maximum Gasteiger partial charge on any atom is 0.246 e. The normalized spacial score (nSPS) is 27.5. The van der Waals surface area contributed by atoms with Crippen molar-refractivity contribution in [2.75, 3.05) is 6.54 Å². The van der Waals surface area contributed by atoms with Crippen molar-refractivity contribution in [3.63, 3.8) is 0 Å². The number of likely N-dealkylation sites (tertiary alicyclic amines) is 1. The van der Waals surface area contributed by atoms with Gasteiger partial charge < -0.3 is 20.4 Å². The number of nitrogens with one attached hydrogen (secondary N) is 1. The van der Waals surface area contributed by atoms with Crippen LogP contribution in [0.3, 0.4) is 0 Å². The molecule has 6 heteroatoms. The molecule has 110 valence electrons. The number of nitrogens with zero attached hydrogens (tertiary/aromatic N) is 1. The van der Waals surface area contributed by atoms with Crippen LogP contribution in [0, 0.1) is 0 Å². The van der Waals surface area contributed by atoms with E-state index in [0.29, 0.717) is 12.8 Å². The molecule has 1 rings (SSSR count). The van der Waals surface area contributed by atoms with Gasteiger partial charge in [-0.25, -0.2) is 0 Å². The molecule has 0 aliphatic carbocycles. The molecular formula is C13H24N2O4. The molecular weight excluding hydrogens is 248 g/mol. The molecule has 1 unspecified atom stereocenters. The van der Waals surface area contributed by atoms with Gasteiger partial charge in [-0.1, -0.05) is 6.92 Å². The van der Waals surface area contributed by atoms with E-state index in [1.165, 1.54) is 4.90 Å². The molecule has 0 radical (unpaired) electrons. The minimum absolute atomic E-state index is 0.00221. The fraction of sp³-hybridized carbons (Fsp3) is 0.846. The SMILES string of the molecule is CCCC(=O)N1C[C@H](O)[C@@H](O)C1C(=O)NC(C)(C)C. The molecule has 19 heavy (non-hydrogen) atoms. The first kappa shape index (κ1) is 15.9. The fourth-order valence-electron chi connectivity index (χ4n) is 2.17. The third-order valence-electron chi connectivity index (χ3n) is 2.99. The zero-order valence-electron chi connectivity index (χ0n) is 12.0. The Morgan fingerprint density at radius 1 is 1.32 bits per heavy atom. The highest BCUT2D eigenvalue weighted by molar-refractivity contribution is 5.89. The zero-order valence-corrected chi connectivity index (χ0v) is 12.0. The molecule has 0 bridgehead atoms. The van der Waals surface area contributed by atoms with E-state index in [1.54, 1.807) is 0 Å². The monoisotopic (exact) mass is 272 g/mol. The first-order valence-corrected chi connectivity index (χ1v) is 6.65. The van der Waals surface area contributed by atoms with Crippen LogP contribution in [0.5, 0.6) is 0 Å². The summed E-state index contributed by atoms with van der Waals surface area (Å²) >= 11 is 0. The van der Waals surface area contributed by atoms with E-state index in [9.17, 15) is 19.8 Å². The van der Waals surface area contributed by atoms with Gasteiger partial charge in [-0.15, -0.1) is 0 Å². The Kier molecular flexibility index (Phi) is 4.92. The summed E-state index contributed by atoms with van der Waals surface area (Å²) in [6.07, 6.45) is -1.34. The molecule has 6 nitrogen and oxygen atoms in total. The number of hydrogen-bond acceptors (Lipinski definition) is 4. The summed E-state index contributed by atoms with van der Waals surface area (Å²) in [6.45, 7) is 7.33. The quantitative estimate of drug-likeness (QED) is 0.654. The van der Waals surface area contributed by atoms with Gasteiger partial charge in [0.05, 0.1) is 12.6 Å². The van der Waals surface area contributed by atoms with Gasteiger partial charge in [0.25, 0.3) is 0 Å². The van der Waals surface area contributed by atoms with Crippen molar-refractivity contribution in [3.05, 3.63) is 0 Å². The molecule has 1 heterocycles. The van der Waals surface area contributed by atoms with Crippen molar-refractivity contribution < 1.29 is 19.8 Å². The Hall–Kier alpha value is -1.14. The molecule has 3 atom stereocenters. The minimum atomic E-state index is -1.23. The molecule has 1 aliphatic heterocycles. The van der Waals surface area contributed by atoms with Crippen LogP contribution in [0.15, 0.2) is 0 Å². The molecule has 2 amide bonds. The number of rotatable bonds is 3. The number of carbonyl (C=O) groups excluding carboxylic acids is 2. The number of carbonyl (C=O) groups is 2. The molecule has 0 aromatic rings. The highest BCUT2D eigenvalue weighted by atomic mass is 16.3. The summed E-state index contributed by atoms with van der Waals surface area (Å²) in [5.74, 6) is -0.645. The molecule has 3 N–H and O–H groups in total. The van der Waals surface area contributed by atoms with Crippen LogP contribution in [0.1, 0.15) is 40.5 Å². The van der Waals surface area contributed by atoms with Crippen LogP contribution < -0.4 is 5.32 Å². The number of aliphatic hydroxyl groups excluding tert-OH is 2. The zero-order chi connectivity index (χ0) is 14.8. The first-order valence-electron chi connectivity index (χ1n) is 6.65. The van der Waals surface area contributed by atoms with Crippen LogP contribution in [-0.2, 0) is 9.59 Å². The topological polar surface area (TPSA) is 89.9 Å². The maximum atomic E-state index is 12.2. The van der Waals surface area contributed by atoms with Crippen molar-refractivity contribution in [2.45, 2.75) is 64.3 Å². The molecule has 0 spiro atoms. The van der Waals surface area contributed by atoms with Gasteiger partial charge in [-0.3, -0.25) is 9.59 Å². The summed E-state index contributed by atoms with van der Waals surface area (Å²) in [4.78, 5) is 25.4. The van der Waals surface area contributed by atoms with Crippen molar-refractivity contribution in [1.29, 1.82) is 0 Å². The second-order valence-electron chi connectivity index (χ2n) is 6.04. The highest BCUT2D eigenvalue weighted by Gasteiger charge is 2.46. The van der Waals surface area contributed by atoms with Crippen LogP contribution in [0.4, 0.5) is 0 Å². The summed E-state index contributed by atoms with van der Waals surface area (Å²) < 4.78 is 0. The van der Waals surface area contributed by atoms with Gasteiger partial charge in [0.2, 0.25) is 11.8 Å². The summed E-state index contributed by atoms with van der Waals surface area (Å²) in [6, 6.07) is -1.01. The molecule has 1 aliphatic rings. The van der Waals surface area contributed by atoms with E-state index in [0.717, 1.165) is 0 Å². The lowest BCUT2D eigenvalue weighted by molar-refractivity contribution is -0.141. The van der Waals surface area contributed by atoms with E-state index in [-0.39, 0.29) is 12.5 Å². The van der Waals surface area contributed by atoms with Gasteiger partial charge in [-0.05, 0) is 27.2 Å². The molecule has 1 saturated heterocycles. The number of β-amino-alcohol motifs (C(OH)–C–C–N with tert-alkyl or cyclic N) is 1. The number of hydrogen-bond donors (Lipinski definition) is 3. The molecule has 1 fully saturated rings. The second-order valence-corrected chi connectivity index (χ2v) is 6.04. The molecule has 0 saturated carbocycles. The van der Waals surface area contributed by atoms with E-state index in [4.69, 9.17) is 0 Å². The van der Waals surface area contributed by atoms with E-state index >= 15 is 0 Å². The predicted molar refractivity (Wildman–Crippen MR) is 70.3 cm³/mol. The summed E-state index contributed by atoms with van der Waals surface area (Å²) in [7, 11) is 0. The number of amides is 2. The van der Waals surface area contributed by atoms with Crippen LogP contribution >= 0.6 is 0 Å². The Bertz CT molecular complexity index is 351. The smallest absolute Gasteiger partial charge is 0.246 e. The van der Waals surface area contributed by atoms with Crippen molar-refractivity contribution >= 4 is 11.8 Å². The number of aliphatic hydroxyl groups is 2. The lowest BCUT2D eigenvalue weighted by Crippen LogP contribution is -2.54. The fourth-order valence-corrected chi connectivity index (χ4v) is 2.17. The first-order chi connectivity index (χ1) is 8.67. The van der Waals surface area contributed by atoms with Crippen molar-refractivity contribution in [3.8, 4) is 0 Å². The van der Waals surface area contributed by atoms with Crippen LogP contribution in [-0.4, -0.2) is 57.3 Å². The Labute approximate surface area is 113 Å². The van der Waals surface area contributed by atoms with Gasteiger partial charge in [-0.2, -0.15) is 0 Å². The minimum Gasteiger partial charge on any atom is -0.388 e. The van der Waals surface area contributed by atoms with Crippen molar-refractivity contribution in [2.24, 2.45) is 0 Å². The van der Waals surface area contributed by atoms with E-state index in [1.807, 2.05) is 27.7 Å². The average Bonchev–Trinajstić information content (AvgIpc) is 2.53. The largest absolute Gasteiger partial charge is 0.388 e. The van der Waals surface area contributed by atoms with Gasteiger partial charge in [0.1, 0.15) is 12.1 Å². The van der Waals surface area contributed by atoms with Crippen LogP contribution in [0.2, 0.25) is 0 Å². The predicted octanol–water partition coefficient (Wildman–Crippen LogP) is -0.366. The molecule has 0 aromatic carbocycles. The van der Waals surface area contributed by atoms with E-state index < -0.39 is 29.7 Å². The summed E-state index contributed by atoms with van der Waals surface area (Å²) in [5, 5.41) is 22.3. The van der Waals surface area contributed by atoms with Crippen molar-refractivity contribution in [1.82, 2.24) is 10.2 Å². The van der Waals surface area contributed by atoms with E-state index in [2.05, 4.69) is 5.32 Å². The molecule has 0 aromatic heterocycles. The average molecular weight is 272 g/mol. The third-order valence-corrected chi connectivity index (χ3v) is 2.99. The second kappa shape index (κ2) is 5.88. The lowest BCUT2D eigenvalue weighted by atomic mass is 10.1. The highest BCUT2D eigenvalue weighted by Crippen LogP contribution is 2.21. The maximum absolute atomic E-state index is 12.2. The standard InChI is InChI=1S/C13H24N2O4/c1-5-6-9(17)15-7-8(16)11(18)10(15)12(19)14-13(2,3)4/h8,10-11,16,18H,5-7H2,1-4H3,(H,14,19)/t8-,10?,11+/m0/s1. The lowest BCUT2D eigenvalue weighted by Gasteiger charge is -2.29. The van der Waals surface area contributed by atoms with Gasteiger partial charge in [0.15, 0.2) is 0 Å². The Morgan fingerprint density at radius 2 is 1.89 bits per heavy atom. The Morgan fingerprint density at radius 3 is 2.37 bits per heavy atom.